The van der Waals surface area contributed by atoms with E-state index in [-0.39, 0.29) is 30.4 Å². The van der Waals surface area contributed by atoms with Crippen molar-refractivity contribution in [3.8, 4) is 0 Å². The summed E-state index contributed by atoms with van der Waals surface area (Å²) in [5.74, 6) is 0.333. The number of rotatable bonds is 6. The Morgan fingerprint density at radius 1 is 1.04 bits per heavy atom. The Morgan fingerprint density at radius 3 is 2.43 bits per heavy atom. The van der Waals surface area contributed by atoms with Crippen molar-refractivity contribution in [2.75, 3.05) is 17.2 Å². The summed E-state index contributed by atoms with van der Waals surface area (Å²) in [5.41, 5.74) is 6.61. The summed E-state index contributed by atoms with van der Waals surface area (Å²) in [6.07, 6.45) is 5.94. The molecule has 3 amide bonds. The zero-order valence-electron chi connectivity index (χ0n) is 15.6. The van der Waals surface area contributed by atoms with Crippen molar-refractivity contribution in [1.82, 2.24) is 5.32 Å². The fourth-order valence-corrected chi connectivity index (χ4v) is 4.27. The van der Waals surface area contributed by atoms with Crippen molar-refractivity contribution in [2.45, 2.75) is 38.1 Å². The van der Waals surface area contributed by atoms with E-state index in [2.05, 4.69) is 16.0 Å². The number of thiophene rings is 1. The van der Waals surface area contributed by atoms with Gasteiger partial charge in [0.15, 0.2) is 0 Å². The molecule has 1 atom stereocenters. The molecule has 1 heterocycles. The van der Waals surface area contributed by atoms with Crippen molar-refractivity contribution >= 4 is 46.4 Å². The van der Waals surface area contributed by atoms with Gasteiger partial charge in [0.05, 0.1) is 9.88 Å². The lowest BCUT2D eigenvalue weighted by Gasteiger charge is -2.29. The van der Waals surface area contributed by atoms with Gasteiger partial charge in [-0.05, 0) is 43.0 Å². The molecule has 8 heteroatoms. The molecule has 6 nitrogen and oxygen atoms in total. The summed E-state index contributed by atoms with van der Waals surface area (Å²) in [6.45, 7) is 0.451. The van der Waals surface area contributed by atoms with E-state index in [4.69, 9.17) is 5.73 Å². The number of carbonyl (C=O) groups is 2. The number of urea groups is 1. The average Bonchev–Trinajstić information content (AvgIpc) is 3.16. The highest BCUT2D eigenvalue weighted by molar-refractivity contribution is 7.18. The van der Waals surface area contributed by atoms with Crippen LogP contribution in [0.1, 0.15) is 41.8 Å². The highest BCUT2D eigenvalue weighted by Gasteiger charge is 2.24. The lowest BCUT2D eigenvalue weighted by atomic mass is 9.84. The largest absolute Gasteiger partial charge is 0.347 e. The average molecular weight is 423 g/mol. The molecule has 28 heavy (non-hydrogen) atoms. The van der Waals surface area contributed by atoms with Crippen molar-refractivity contribution in [3.63, 3.8) is 0 Å². The summed E-state index contributed by atoms with van der Waals surface area (Å²) in [4.78, 5) is 25.2. The topological polar surface area (TPSA) is 96.2 Å². The second-order valence-corrected chi connectivity index (χ2v) is 7.91. The van der Waals surface area contributed by atoms with E-state index in [0.717, 1.165) is 12.8 Å². The Hall–Kier alpha value is -2.09. The first-order valence-corrected chi connectivity index (χ1v) is 10.2. The first-order valence-electron chi connectivity index (χ1n) is 9.39. The Bertz CT molecular complexity index is 763. The Balaban J connectivity index is 0.00000280. The number of halogens is 1. The highest BCUT2D eigenvalue weighted by Crippen LogP contribution is 2.27. The van der Waals surface area contributed by atoms with E-state index < -0.39 is 0 Å². The number of nitrogens with one attached hydrogen (secondary N) is 3. The third-order valence-electron chi connectivity index (χ3n) is 4.89. The summed E-state index contributed by atoms with van der Waals surface area (Å²) in [5, 5.41) is 9.21. The smallest absolute Gasteiger partial charge is 0.324 e. The van der Waals surface area contributed by atoms with Crippen LogP contribution < -0.4 is 21.7 Å². The summed E-state index contributed by atoms with van der Waals surface area (Å²) < 4.78 is 0. The molecule has 2 aromatic rings. The van der Waals surface area contributed by atoms with E-state index in [0.29, 0.717) is 28.0 Å². The quantitative estimate of drug-likeness (QED) is 0.553. The van der Waals surface area contributed by atoms with Crippen molar-refractivity contribution in [2.24, 2.45) is 11.7 Å². The van der Waals surface area contributed by atoms with Gasteiger partial charge in [0.25, 0.3) is 5.91 Å². The van der Waals surface area contributed by atoms with E-state index in [1.54, 1.807) is 12.1 Å². The van der Waals surface area contributed by atoms with Gasteiger partial charge in [-0.15, -0.1) is 23.7 Å². The number of hydrogen-bond acceptors (Lipinski definition) is 4. The normalized spacial score (nSPS) is 15.2. The second kappa shape index (κ2) is 11.0. The molecule has 0 spiro atoms. The van der Waals surface area contributed by atoms with Crippen LogP contribution in [-0.2, 0) is 0 Å². The molecule has 152 valence electrons. The minimum Gasteiger partial charge on any atom is -0.347 e. The predicted molar refractivity (Wildman–Crippen MR) is 118 cm³/mol. The van der Waals surface area contributed by atoms with Crippen LogP contribution in [0.15, 0.2) is 42.5 Å². The van der Waals surface area contributed by atoms with Gasteiger partial charge in [-0.25, -0.2) is 4.79 Å². The molecule has 1 aromatic heterocycles. The van der Waals surface area contributed by atoms with E-state index in [9.17, 15) is 9.59 Å². The molecule has 0 radical (unpaired) electrons. The van der Waals surface area contributed by atoms with Gasteiger partial charge in [-0.1, -0.05) is 37.5 Å². The van der Waals surface area contributed by atoms with Crippen LogP contribution in [0.25, 0.3) is 0 Å². The van der Waals surface area contributed by atoms with Crippen LogP contribution in [0, 0.1) is 5.92 Å². The van der Waals surface area contributed by atoms with E-state index >= 15 is 0 Å². The van der Waals surface area contributed by atoms with Gasteiger partial charge < -0.3 is 16.4 Å². The second-order valence-electron chi connectivity index (χ2n) is 6.82. The molecule has 1 aliphatic carbocycles. The lowest BCUT2D eigenvalue weighted by Crippen LogP contribution is -2.45. The van der Waals surface area contributed by atoms with Crippen LogP contribution >= 0.6 is 23.7 Å². The number of carbonyl (C=O) groups excluding carboxylic acids is 2. The van der Waals surface area contributed by atoms with Crippen molar-refractivity contribution < 1.29 is 9.59 Å². The molecule has 1 aliphatic rings. The monoisotopic (exact) mass is 422 g/mol. The Morgan fingerprint density at radius 2 is 1.75 bits per heavy atom. The minimum atomic E-state index is -0.336. The van der Waals surface area contributed by atoms with Crippen molar-refractivity contribution in [1.29, 1.82) is 0 Å². The molecular weight excluding hydrogens is 396 g/mol. The van der Waals surface area contributed by atoms with Gasteiger partial charge in [-0.2, -0.15) is 0 Å². The van der Waals surface area contributed by atoms with Crippen LogP contribution in [0.3, 0.4) is 0 Å². The summed E-state index contributed by atoms with van der Waals surface area (Å²) in [6, 6.07) is 12.3. The van der Waals surface area contributed by atoms with Crippen LogP contribution in [0.5, 0.6) is 0 Å². The van der Waals surface area contributed by atoms with Gasteiger partial charge in [-0.3, -0.25) is 10.1 Å². The van der Waals surface area contributed by atoms with E-state index in [1.165, 1.54) is 30.6 Å². The molecule has 0 saturated heterocycles. The maximum atomic E-state index is 12.6. The number of para-hydroxylation sites is 1. The zero-order valence-corrected chi connectivity index (χ0v) is 17.3. The molecule has 1 fully saturated rings. The molecule has 0 bridgehead atoms. The lowest BCUT2D eigenvalue weighted by molar-refractivity contribution is 0.0919. The number of hydrogen-bond donors (Lipinski definition) is 4. The highest BCUT2D eigenvalue weighted by atomic mass is 35.5. The van der Waals surface area contributed by atoms with Crippen LogP contribution in [-0.4, -0.2) is 24.5 Å². The summed E-state index contributed by atoms with van der Waals surface area (Å²) >= 11 is 1.25. The number of benzene rings is 1. The number of nitrogens with two attached hydrogens (primary N) is 1. The van der Waals surface area contributed by atoms with E-state index in [1.807, 2.05) is 30.3 Å². The molecule has 1 saturated carbocycles. The molecular formula is C20H27ClN4O2S. The summed E-state index contributed by atoms with van der Waals surface area (Å²) in [7, 11) is 0. The Kier molecular flexibility index (Phi) is 8.76. The molecule has 1 unspecified atom stereocenters. The SMILES string of the molecule is Cl.NCC(NC(=O)c1ccc(NC(=O)Nc2ccccc2)s1)C1CCCCC1. The van der Waals surface area contributed by atoms with Gasteiger partial charge in [0.1, 0.15) is 0 Å². The zero-order chi connectivity index (χ0) is 19.1. The molecule has 1 aromatic carbocycles. The molecule has 0 aliphatic heterocycles. The van der Waals surface area contributed by atoms with Crippen LogP contribution in [0.2, 0.25) is 0 Å². The molecule has 3 rings (SSSR count). The fourth-order valence-electron chi connectivity index (χ4n) is 3.47. The fraction of sp³-hybridized carbons (Fsp3) is 0.400. The number of anilines is 2. The predicted octanol–water partition coefficient (Wildman–Crippen LogP) is 4.45. The first-order chi connectivity index (χ1) is 13.2. The van der Waals surface area contributed by atoms with Gasteiger partial charge in [0, 0.05) is 18.3 Å². The third kappa shape index (κ3) is 6.22. The molecule has 5 N–H and O–H groups in total. The first kappa shape index (κ1) is 22.2. The standard InChI is InChI=1S/C20H26N4O2S.ClH/c21-13-16(14-7-3-1-4-8-14)23-19(25)17-11-12-18(27-17)24-20(26)22-15-9-5-2-6-10-15;/h2,5-6,9-12,14,16H,1,3-4,7-8,13,21H2,(H,23,25)(H2,22,24,26);1H. The van der Waals surface area contributed by atoms with Gasteiger partial charge in [0.2, 0.25) is 0 Å². The number of amides is 3. The van der Waals surface area contributed by atoms with Crippen molar-refractivity contribution in [3.05, 3.63) is 47.3 Å². The Labute approximate surface area is 175 Å². The third-order valence-corrected chi connectivity index (χ3v) is 5.89. The van der Waals surface area contributed by atoms with Crippen LogP contribution in [0.4, 0.5) is 15.5 Å². The minimum absolute atomic E-state index is 0. The maximum Gasteiger partial charge on any atom is 0.324 e. The van der Waals surface area contributed by atoms with Gasteiger partial charge >= 0.3 is 6.03 Å². The maximum absolute atomic E-state index is 12.6.